The predicted octanol–water partition coefficient (Wildman–Crippen LogP) is 7.91. The van der Waals surface area contributed by atoms with Crippen molar-refractivity contribution in [3.63, 3.8) is 0 Å². The van der Waals surface area contributed by atoms with Crippen molar-refractivity contribution in [2.75, 3.05) is 45.8 Å². The molecule has 32 heteroatoms. The van der Waals surface area contributed by atoms with Gasteiger partial charge < -0.3 is 73.3 Å². The first-order chi connectivity index (χ1) is 49.8. The van der Waals surface area contributed by atoms with Gasteiger partial charge in [-0.05, 0) is 101 Å². The molecule has 0 spiro atoms. The van der Waals surface area contributed by atoms with Gasteiger partial charge in [0, 0.05) is 110 Å². The molecule has 6 fully saturated rings. The summed E-state index contributed by atoms with van der Waals surface area (Å²) in [4.78, 5) is 123. The quantitative estimate of drug-likeness (QED) is 0.0197. The molecular formula is C73H88N14O18. The lowest BCUT2D eigenvalue weighted by molar-refractivity contribution is -0.147. The molecule has 0 atom stereocenters. The van der Waals surface area contributed by atoms with E-state index in [2.05, 4.69) is 52.4 Å². The monoisotopic (exact) mass is 1450 g/mol. The van der Waals surface area contributed by atoms with Crippen LogP contribution < -0.4 is 32.5 Å². The molecule has 4 aromatic heterocycles. The Morgan fingerprint density at radius 2 is 0.790 bits per heavy atom. The molecule has 0 radical (unpaired) electrons. The molecule has 8 amide bonds. The summed E-state index contributed by atoms with van der Waals surface area (Å²) in [6.45, 7) is 18.3. The average Bonchev–Trinajstić information content (AvgIpc) is 1.71. The second-order valence-electron chi connectivity index (χ2n) is 29.6. The average molecular weight is 1450 g/mol. The third kappa shape index (κ3) is 21.0. The van der Waals surface area contributed by atoms with Crippen LogP contribution in [0.2, 0.25) is 0 Å². The van der Waals surface area contributed by atoms with Crippen LogP contribution in [0.1, 0.15) is 156 Å². The van der Waals surface area contributed by atoms with Crippen LogP contribution in [-0.4, -0.2) is 186 Å². The number of Topliss-reactive ketones (excluding diaryl/α,β-unsaturated/α-hetero) is 1. The first-order valence-corrected chi connectivity index (χ1v) is 34.6. The number of hydrogen-bond acceptors (Lipinski definition) is 23. The molecule has 105 heavy (non-hydrogen) atoms. The smallest absolute Gasteiger partial charge is 0.410 e. The summed E-state index contributed by atoms with van der Waals surface area (Å²) in [6.07, 6.45) is 2.37. The maximum Gasteiger partial charge on any atom is 0.410 e. The van der Waals surface area contributed by atoms with Crippen molar-refractivity contribution in [1.82, 2.24) is 67.1 Å². The Morgan fingerprint density at radius 1 is 0.457 bits per heavy atom. The molecule has 0 bridgehead atoms. The van der Waals surface area contributed by atoms with Gasteiger partial charge in [-0.15, -0.1) is 10.2 Å². The van der Waals surface area contributed by atoms with E-state index in [1.807, 2.05) is 112 Å². The Kier molecular flexibility index (Phi) is 24.0. The molecule has 0 unspecified atom stereocenters. The number of hydrogen-bond donors (Lipinski definition) is 7. The number of carboxylic acid groups (broad SMARTS) is 1. The SMILES string of the molecule is CC(C)(C)OC(=O)N1CC(C(=O)CNC(=O)C2CC(NC(=O)c3cc(-c4ccccc4)on3)C2)C1.CC(C)(C)OC(=O)N1CC(C(=O)O)C1.CC(C)(C)OC(=O)N1CC(c2nnc(C3CC(NC(=O)c4cc(-c5ccccc5)on4)C3)o2)C1.NNC(=O)C1CC(NC(=O)c2cc(-c3ccccc3)on2)C1. The fourth-order valence-electron chi connectivity index (χ4n) is 11.5. The second kappa shape index (κ2) is 33.0. The van der Waals surface area contributed by atoms with Gasteiger partial charge in [0.25, 0.3) is 17.7 Å². The van der Waals surface area contributed by atoms with E-state index in [4.69, 9.17) is 43.1 Å². The van der Waals surface area contributed by atoms with Crippen LogP contribution in [-0.2, 0) is 33.4 Å². The normalized spacial score (nSPS) is 19.7. The fraction of sp³-hybridized carbons (Fsp3) is 0.466. The number of likely N-dealkylation sites (tertiary alicyclic amines) is 3. The maximum atomic E-state index is 12.5. The Morgan fingerprint density at radius 3 is 1.14 bits per heavy atom. The van der Waals surface area contributed by atoms with E-state index in [1.165, 1.54) is 9.80 Å². The van der Waals surface area contributed by atoms with E-state index in [-0.39, 0.29) is 126 Å². The highest BCUT2D eigenvalue weighted by Crippen LogP contribution is 2.39. The van der Waals surface area contributed by atoms with Crippen molar-refractivity contribution in [2.45, 2.75) is 148 Å². The third-order valence-electron chi connectivity index (χ3n) is 17.7. The third-order valence-corrected chi connectivity index (χ3v) is 17.7. The van der Waals surface area contributed by atoms with Crippen molar-refractivity contribution in [3.05, 3.63) is 138 Å². The maximum absolute atomic E-state index is 12.5. The standard InChI is InChI=1S/C25H30N4O6.C24H27N5O5.C15H16N4O3.C9H15NO4/c1-25(2,3)34-24(33)29-13-17(14-29)20(30)12-26-22(31)16-9-18(10-16)27-23(32)19-11-21(35-28-19)15-7-5-4-6-8-15;1-24(2,3)33-23(31)29-12-16(13-29)22-27-26-21(32-22)15-9-17(10-15)25-20(30)18-11-19(34-28-18)14-7-5-4-6-8-14;16-18-14(20)10-6-11(7-10)17-15(21)12-8-13(22-19-12)9-4-2-1-3-5-9;1-9(2,3)14-8(13)10-4-6(5-10)7(11)12/h4-8,11,16-18H,9-10,12-14H2,1-3H3,(H,26,31)(H,27,32);4-8,11,15-17H,9-10,12-13H2,1-3H3,(H,25,30);1-5,8,10-11H,6-7,16H2,(H,17,21)(H,18,20);6H,4-5H2,1-3H3,(H,11,12). The number of benzene rings is 3. The van der Waals surface area contributed by atoms with Gasteiger partial charge in [0.2, 0.25) is 23.6 Å². The Bertz CT molecular complexity index is 4200. The number of ketones is 1. The van der Waals surface area contributed by atoms with Gasteiger partial charge >= 0.3 is 24.2 Å². The molecule has 6 aliphatic rings. The highest BCUT2D eigenvalue weighted by atomic mass is 16.6. The number of amides is 8. The van der Waals surface area contributed by atoms with Crippen LogP contribution >= 0.6 is 0 Å². The molecule has 13 rings (SSSR count). The minimum absolute atomic E-state index is 0.0103. The minimum Gasteiger partial charge on any atom is -0.481 e. The number of carbonyl (C=O) groups excluding carboxylic acids is 9. The van der Waals surface area contributed by atoms with Crippen molar-refractivity contribution < 1.29 is 85.2 Å². The number of nitrogens with one attached hydrogen (secondary N) is 5. The highest BCUT2D eigenvalue weighted by Gasteiger charge is 2.43. The number of hydrazine groups is 1. The Balaban J connectivity index is 0.000000158. The molecule has 3 aliphatic heterocycles. The molecule has 558 valence electrons. The van der Waals surface area contributed by atoms with Crippen molar-refractivity contribution in [2.24, 2.45) is 29.5 Å². The molecule has 3 saturated carbocycles. The molecule has 3 aliphatic carbocycles. The minimum atomic E-state index is -0.857. The lowest BCUT2D eigenvalue weighted by atomic mass is 9.79. The van der Waals surface area contributed by atoms with E-state index in [9.17, 15) is 47.9 Å². The van der Waals surface area contributed by atoms with Crippen molar-refractivity contribution >= 4 is 59.6 Å². The number of carbonyl (C=O) groups is 10. The summed E-state index contributed by atoms with van der Waals surface area (Å²) in [5.41, 5.74) is 3.70. The van der Waals surface area contributed by atoms with Crippen LogP contribution in [0.4, 0.5) is 14.4 Å². The zero-order valence-corrected chi connectivity index (χ0v) is 59.8. The molecule has 3 aromatic carbocycles. The van der Waals surface area contributed by atoms with E-state index in [1.54, 1.807) is 64.6 Å². The summed E-state index contributed by atoms with van der Waals surface area (Å²) in [5, 5.41) is 39.8. The number of rotatable bonds is 17. The molecular weight excluding hydrogens is 1360 g/mol. The van der Waals surface area contributed by atoms with Gasteiger partial charge in [-0.1, -0.05) is 106 Å². The van der Waals surface area contributed by atoms with Gasteiger partial charge in [-0.2, -0.15) is 0 Å². The summed E-state index contributed by atoms with van der Waals surface area (Å²) in [6, 6.07) is 33.0. The van der Waals surface area contributed by atoms with Gasteiger partial charge in [0.15, 0.2) is 40.1 Å². The molecule has 7 heterocycles. The first kappa shape index (κ1) is 76.3. The summed E-state index contributed by atoms with van der Waals surface area (Å²) >= 11 is 0. The number of nitrogens with zero attached hydrogens (tertiary/aromatic N) is 8. The van der Waals surface area contributed by atoms with Crippen LogP contribution in [0.3, 0.4) is 0 Å². The zero-order chi connectivity index (χ0) is 75.5. The van der Waals surface area contributed by atoms with E-state index < -0.39 is 40.9 Å². The Hall–Kier alpha value is -11.3. The predicted molar refractivity (Wildman–Crippen MR) is 372 cm³/mol. The molecule has 32 nitrogen and oxygen atoms in total. The lowest BCUT2D eigenvalue weighted by Crippen LogP contribution is -2.56. The van der Waals surface area contributed by atoms with Crippen molar-refractivity contribution in [3.8, 4) is 34.0 Å². The zero-order valence-electron chi connectivity index (χ0n) is 59.8. The summed E-state index contributed by atoms with van der Waals surface area (Å²) in [7, 11) is 0. The van der Waals surface area contributed by atoms with Gasteiger partial charge in [-0.25, -0.2) is 20.2 Å². The molecule has 3 saturated heterocycles. The van der Waals surface area contributed by atoms with Gasteiger partial charge in [-0.3, -0.25) is 39.0 Å². The second-order valence-corrected chi connectivity index (χ2v) is 29.6. The molecule has 7 aromatic rings. The van der Waals surface area contributed by atoms with E-state index >= 15 is 0 Å². The summed E-state index contributed by atoms with van der Waals surface area (Å²) in [5.74, 6) is 4.51. The van der Waals surface area contributed by atoms with E-state index in [0.29, 0.717) is 93.8 Å². The van der Waals surface area contributed by atoms with Crippen molar-refractivity contribution in [1.29, 1.82) is 0 Å². The first-order valence-electron chi connectivity index (χ1n) is 34.6. The number of aliphatic carboxylic acids is 1. The number of ether oxygens (including phenoxy) is 3. The Labute approximate surface area is 604 Å². The van der Waals surface area contributed by atoms with Crippen LogP contribution in [0, 0.1) is 23.7 Å². The number of nitrogens with two attached hydrogens (primary N) is 1. The topological polar surface area (TPSA) is 432 Å². The number of aromatic nitrogens is 5. The summed E-state index contributed by atoms with van der Waals surface area (Å²) < 4.78 is 37.3. The molecule has 8 N–H and O–H groups in total. The fourth-order valence-corrected chi connectivity index (χ4v) is 11.5. The highest BCUT2D eigenvalue weighted by molar-refractivity contribution is 5.95. The largest absolute Gasteiger partial charge is 0.481 e. The van der Waals surface area contributed by atoms with Gasteiger partial charge in [0.1, 0.15) is 16.8 Å². The van der Waals surface area contributed by atoms with E-state index in [0.717, 1.165) is 16.7 Å². The van der Waals surface area contributed by atoms with Gasteiger partial charge in [0.05, 0.1) is 24.3 Å². The van der Waals surface area contributed by atoms with Crippen LogP contribution in [0.5, 0.6) is 0 Å². The lowest BCUT2D eigenvalue weighted by Gasteiger charge is -2.39. The van der Waals surface area contributed by atoms with Crippen LogP contribution in [0.15, 0.2) is 127 Å². The number of carboxylic acids is 1. The van der Waals surface area contributed by atoms with Crippen LogP contribution in [0.25, 0.3) is 34.0 Å².